The molecule has 0 heterocycles. The number of amides is 1. The Bertz CT molecular complexity index is 748. The Labute approximate surface area is 180 Å². The third kappa shape index (κ3) is 6.57. The van der Waals surface area contributed by atoms with E-state index < -0.39 is 17.8 Å². The summed E-state index contributed by atoms with van der Waals surface area (Å²) in [4.78, 5) is 14.6. The van der Waals surface area contributed by atoms with Gasteiger partial charge in [-0.15, -0.1) is 0 Å². The molecule has 0 spiro atoms. The number of ether oxygens (including phenoxy) is 1. The molecule has 2 aromatic rings. The van der Waals surface area contributed by atoms with E-state index in [2.05, 4.69) is 34.5 Å². The molecule has 1 fully saturated rings. The highest BCUT2D eigenvalue weighted by molar-refractivity contribution is 5.68. The predicted octanol–water partition coefficient (Wildman–Crippen LogP) is 4.50. The molecular weight excluding hydrogens is 376 g/mol. The molecule has 5 nitrogen and oxygen atoms in total. The van der Waals surface area contributed by atoms with Gasteiger partial charge in [-0.05, 0) is 51.2 Å². The topological polar surface area (TPSA) is 61.8 Å². The van der Waals surface area contributed by atoms with Crippen LogP contribution in [-0.4, -0.2) is 39.9 Å². The summed E-state index contributed by atoms with van der Waals surface area (Å²) in [7, 11) is 0. The van der Waals surface area contributed by atoms with Gasteiger partial charge >= 0.3 is 6.09 Å². The quantitative estimate of drug-likeness (QED) is 0.736. The van der Waals surface area contributed by atoms with Crippen molar-refractivity contribution in [2.45, 2.75) is 76.9 Å². The number of hydrogen-bond donors (Lipinski definition) is 2. The van der Waals surface area contributed by atoms with Gasteiger partial charge in [-0.2, -0.15) is 0 Å². The second-order valence-electron chi connectivity index (χ2n) is 9.12. The van der Waals surface area contributed by atoms with Crippen molar-refractivity contribution in [3.63, 3.8) is 0 Å². The van der Waals surface area contributed by atoms with Gasteiger partial charge in [0.2, 0.25) is 0 Å². The minimum atomic E-state index is -0.654. The van der Waals surface area contributed by atoms with Crippen molar-refractivity contribution in [1.82, 2.24) is 10.2 Å². The van der Waals surface area contributed by atoms with Gasteiger partial charge in [0, 0.05) is 19.1 Å². The lowest BCUT2D eigenvalue weighted by Crippen LogP contribution is -2.56. The fourth-order valence-electron chi connectivity index (χ4n) is 4.10. The van der Waals surface area contributed by atoms with Crippen LogP contribution in [0.15, 0.2) is 60.7 Å². The van der Waals surface area contributed by atoms with E-state index in [1.54, 1.807) is 0 Å². The summed E-state index contributed by atoms with van der Waals surface area (Å²) in [6.45, 7) is 7.02. The van der Waals surface area contributed by atoms with Crippen LogP contribution in [0.5, 0.6) is 0 Å². The fraction of sp³-hybridized carbons (Fsp3) is 0.480. The minimum absolute atomic E-state index is 0.0425. The van der Waals surface area contributed by atoms with E-state index in [1.165, 1.54) is 11.1 Å². The van der Waals surface area contributed by atoms with E-state index in [-0.39, 0.29) is 12.1 Å². The maximum atomic E-state index is 12.3. The van der Waals surface area contributed by atoms with Crippen molar-refractivity contribution in [3.8, 4) is 0 Å². The van der Waals surface area contributed by atoms with Crippen LogP contribution < -0.4 is 5.32 Å². The first kappa shape index (κ1) is 22.3. The number of carbonyl (C=O) groups excluding carboxylic acids is 1. The Kier molecular flexibility index (Phi) is 7.51. The SMILES string of the molecule is CC(C)(C)OC(=O)NC1CCCC(N(Cc2ccccc2)Cc2ccccc2)C1O. The summed E-state index contributed by atoms with van der Waals surface area (Å²) in [6, 6.07) is 20.3. The number of nitrogens with one attached hydrogen (secondary N) is 1. The first-order valence-corrected chi connectivity index (χ1v) is 10.8. The van der Waals surface area contributed by atoms with E-state index in [0.717, 1.165) is 32.4 Å². The normalized spacial score (nSPS) is 22.0. The molecule has 0 saturated heterocycles. The maximum Gasteiger partial charge on any atom is 0.407 e. The van der Waals surface area contributed by atoms with Crippen molar-refractivity contribution in [2.24, 2.45) is 0 Å². The molecule has 0 aliphatic heterocycles. The number of aliphatic hydroxyl groups is 1. The van der Waals surface area contributed by atoms with E-state index in [1.807, 2.05) is 57.2 Å². The Morgan fingerprint density at radius 2 is 1.53 bits per heavy atom. The molecule has 3 unspecified atom stereocenters. The zero-order valence-corrected chi connectivity index (χ0v) is 18.3. The highest BCUT2D eigenvalue weighted by Crippen LogP contribution is 2.27. The van der Waals surface area contributed by atoms with Crippen LogP contribution in [0.4, 0.5) is 4.79 Å². The van der Waals surface area contributed by atoms with Crippen molar-refractivity contribution in [1.29, 1.82) is 0 Å². The number of alkyl carbamates (subject to hydrolysis) is 1. The largest absolute Gasteiger partial charge is 0.444 e. The molecule has 1 saturated carbocycles. The number of benzene rings is 2. The number of carbonyl (C=O) groups is 1. The van der Waals surface area contributed by atoms with Crippen LogP contribution in [0.2, 0.25) is 0 Å². The number of hydrogen-bond acceptors (Lipinski definition) is 4. The van der Waals surface area contributed by atoms with Gasteiger partial charge in [0.15, 0.2) is 0 Å². The Morgan fingerprint density at radius 1 is 1.00 bits per heavy atom. The lowest BCUT2D eigenvalue weighted by atomic mass is 9.86. The van der Waals surface area contributed by atoms with E-state index in [4.69, 9.17) is 4.74 Å². The molecule has 0 bridgehead atoms. The van der Waals surface area contributed by atoms with Crippen molar-refractivity contribution >= 4 is 6.09 Å². The minimum Gasteiger partial charge on any atom is -0.444 e. The molecular formula is C25H34N2O3. The van der Waals surface area contributed by atoms with Crippen LogP contribution in [-0.2, 0) is 17.8 Å². The number of nitrogens with zero attached hydrogens (tertiary/aromatic N) is 1. The van der Waals surface area contributed by atoms with Crippen molar-refractivity contribution < 1.29 is 14.6 Å². The summed E-state index contributed by atoms with van der Waals surface area (Å²) in [6.07, 6.45) is 1.47. The summed E-state index contributed by atoms with van der Waals surface area (Å²) < 4.78 is 5.40. The number of aliphatic hydroxyl groups excluding tert-OH is 1. The second kappa shape index (κ2) is 10.1. The van der Waals surface area contributed by atoms with Crippen LogP contribution in [0.25, 0.3) is 0 Å². The molecule has 30 heavy (non-hydrogen) atoms. The third-order valence-corrected chi connectivity index (χ3v) is 5.45. The van der Waals surface area contributed by atoms with Crippen molar-refractivity contribution in [3.05, 3.63) is 71.8 Å². The van der Waals surface area contributed by atoms with Crippen molar-refractivity contribution in [2.75, 3.05) is 0 Å². The zero-order chi connectivity index (χ0) is 21.6. The van der Waals surface area contributed by atoms with E-state index in [9.17, 15) is 9.90 Å². The molecule has 5 heteroatoms. The first-order valence-electron chi connectivity index (χ1n) is 10.8. The average Bonchev–Trinajstić information content (AvgIpc) is 2.69. The molecule has 2 aromatic carbocycles. The Morgan fingerprint density at radius 3 is 2.03 bits per heavy atom. The van der Waals surface area contributed by atoms with Gasteiger partial charge < -0.3 is 15.2 Å². The summed E-state index contributed by atoms with van der Waals surface area (Å²) >= 11 is 0. The number of rotatable bonds is 6. The predicted molar refractivity (Wildman–Crippen MR) is 119 cm³/mol. The highest BCUT2D eigenvalue weighted by Gasteiger charge is 2.37. The monoisotopic (exact) mass is 410 g/mol. The molecule has 0 aromatic heterocycles. The van der Waals surface area contributed by atoms with Crippen LogP contribution in [0.3, 0.4) is 0 Å². The Balaban J connectivity index is 1.74. The van der Waals surface area contributed by atoms with Gasteiger partial charge in [-0.3, -0.25) is 4.90 Å². The molecule has 3 atom stereocenters. The van der Waals surface area contributed by atoms with E-state index >= 15 is 0 Å². The van der Waals surface area contributed by atoms with Gasteiger partial charge in [0.05, 0.1) is 12.1 Å². The zero-order valence-electron chi connectivity index (χ0n) is 18.3. The molecule has 162 valence electrons. The lowest BCUT2D eigenvalue weighted by Gasteiger charge is -2.42. The van der Waals surface area contributed by atoms with Crippen LogP contribution in [0.1, 0.15) is 51.2 Å². The van der Waals surface area contributed by atoms with Gasteiger partial charge in [0.25, 0.3) is 0 Å². The summed E-state index contributed by atoms with van der Waals surface area (Å²) in [5.41, 5.74) is 1.86. The van der Waals surface area contributed by atoms with Gasteiger partial charge in [-0.25, -0.2) is 4.79 Å². The lowest BCUT2D eigenvalue weighted by molar-refractivity contribution is -0.0150. The smallest absolute Gasteiger partial charge is 0.407 e. The summed E-state index contributed by atoms with van der Waals surface area (Å²) in [5, 5.41) is 14.1. The average molecular weight is 411 g/mol. The molecule has 3 rings (SSSR count). The third-order valence-electron chi connectivity index (χ3n) is 5.45. The Hall–Kier alpha value is -2.37. The standard InChI is InChI=1S/C25H34N2O3/c1-25(2,3)30-24(29)26-21-15-10-16-22(23(21)28)27(17-19-11-6-4-7-12-19)18-20-13-8-5-9-14-20/h4-9,11-14,21-23,28H,10,15-18H2,1-3H3,(H,26,29). The van der Waals surface area contributed by atoms with Crippen LogP contribution in [0, 0.1) is 0 Å². The fourth-order valence-corrected chi connectivity index (χ4v) is 4.10. The van der Waals surface area contributed by atoms with Gasteiger partial charge in [-0.1, -0.05) is 60.7 Å². The molecule has 2 N–H and O–H groups in total. The highest BCUT2D eigenvalue weighted by atomic mass is 16.6. The molecule has 1 aliphatic carbocycles. The molecule has 1 amide bonds. The second-order valence-corrected chi connectivity index (χ2v) is 9.12. The summed E-state index contributed by atoms with van der Waals surface area (Å²) in [5.74, 6) is 0. The molecule has 0 radical (unpaired) electrons. The molecule has 1 aliphatic rings. The van der Waals surface area contributed by atoms with E-state index in [0.29, 0.717) is 0 Å². The maximum absolute atomic E-state index is 12.3. The van der Waals surface area contributed by atoms with Gasteiger partial charge in [0.1, 0.15) is 5.60 Å². The first-order chi connectivity index (χ1) is 14.3. The van der Waals surface area contributed by atoms with Crippen LogP contribution >= 0.6 is 0 Å².